The van der Waals surface area contributed by atoms with Gasteiger partial charge < -0.3 is 4.90 Å². The predicted octanol–water partition coefficient (Wildman–Crippen LogP) is 6.89. The number of hydrogen-bond acceptors (Lipinski definition) is 3. The van der Waals surface area contributed by atoms with Gasteiger partial charge in [0.25, 0.3) is 0 Å². The third kappa shape index (κ3) is 4.64. The monoisotopic (exact) mass is 562 g/mol. The number of nitrogens with zero attached hydrogens (tertiary/aromatic N) is 1. The van der Waals surface area contributed by atoms with Crippen LogP contribution in [0.2, 0.25) is 5.02 Å². The SMILES string of the molecule is O=C(C1CCCC1)N1CC(F)(c2ccc(C3=CC(c4cc(Cl)cc(C(F)(F)F)c4)(C(F)(F)F)ON3)cc2)C1. The zero-order valence-corrected chi connectivity index (χ0v) is 20.5. The summed E-state index contributed by atoms with van der Waals surface area (Å²) in [6.07, 6.45) is -5.88. The van der Waals surface area contributed by atoms with E-state index in [0.29, 0.717) is 18.2 Å². The van der Waals surface area contributed by atoms with Crippen LogP contribution in [0.25, 0.3) is 5.70 Å². The number of benzene rings is 2. The second-order valence-corrected chi connectivity index (χ2v) is 10.4. The maximum Gasteiger partial charge on any atom is 0.428 e. The molecular formula is C26H22ClF7N2O2. The topological polar surface area (TPSA) is 41.6 Å². The molecule has 2 aliphatic heterocycles. The molecule has 1 aliphatic carbocycles. The number of alkyl halides is 7. The number of carbonyl (C=O) groups is 1. The molecule has 1 atom stereocenters. The van der Waals surface area contributed by atoms with E-state index < -0.39 is 39.8 Å². The first kappa shape index (κ1) is 26.8. The van der Waals surface area contributed by atoms with E-state index in [2.05, 4.69) is 5.48 Å². The number of amides is 1. The van der Waals surface area contributed by atoms with Gasteiger partial charge in [0.05, 0.1) is 24.4 Å². The van der Waals surface area contributed by atoms with E-state index >= 15 is 4.39 Å². The molecule has 1 saturated carbocycles. The molecule has 1 unspecified atom stereocenters. The van der Waals surface area contributed by atoms with Crippen LogP contribution in [0.4, 0.5) is 30.7 Å². The Morgan fingerprint density at radius 1 is 0.974 bits per heavy atom. The minimum absolute atomic E-state index is 0.0527. The van der Waals surface area contributed by atoms with E-state index in [0.717, 1.165) is 31.7 Å². The molecule has 2 aromatic rings. The molecule has 4 nitrogen and oxygen atoms in total. The van der Waals surface area contributed by atoms with Gasteiger partial charge in [-0.1, -0.05) is 48.7 Å². The Morgan fingerprint density at radius 2 is 1.61 bits per heavy atom. The molecule has 1 saturated heterocycles. The lowest BCUT2D eigenvalue weighted by atomic mass is 9.86. The van der Waals surface area contributed by atoms with Crippen molar-refractivity contribution in [3.05, 3.63) is 75.8 Å². The molecule has 0 aromatic heterocycles. The van der Waals surface area contributed by atoms with Gasteiger partial charge in [-0.3, -0.25) is 15.1 Å². The second kappa shape index (κ2) is 9.15. The quantitative estimate of drug-likeness (QED) is 0.413. The first-order chi connectivity index (χ1) is 17.7. The number of halogens is 8. The van der Waals surface area contributed by atoms with Crippen LogP contribution in [-0.4, -0.2) is 30.1 Å². The number of hydrogen-bond donors (Lipinski definition) is 1. The molecule has 2 fully saturated rings. The lowest BCUT2D eigenvalue weighted by Crippen LogP contribution is -2.59. The Morgan fingerprint density at radius 3 is 2.18 bits per heavy atom. The Kier molecular flexibility index (Phi) is 6.45. The van der Waals surface area contributed by atoms with Gasteiger partial charge in [0.1, 0.15) is 0 Å². The minimum atomic E-state index is -5.15. The highest BCUT2D eigenvalue weighted by atomic mass is 35.5. The molecule has 3 aliphatic rings. The fourth-order valence-corrected chi connectivity index (χ4v) is 5.46. The van der Waals surface area contributed by atoms with Gasteiger partial charge >= 0.3 is 12.4 Å². The summed E-state index contributed by atoms with van der Waals surface area (Å²) in [5.41, 5.74) is -4.78. The molecule has 2 heterocycles. The van der Waals surface area contributed by atoms with E-state index in [4.69, 9.17) is 16.4 Å². The van der Waals surface area contributed by atoms with Crippen LogP contribution in [-0.2, 0) is 27.1 Å². The highest BCUT2D eigenvalue weighted by Crippen LogP contribution is 2.49. The Labute approximate surface area is 218 Å². The number of nitrogens with one attached hydrogen (secondary N) is 1. The van der Waals surface area contributed by atoms with Crippen molar-refractivity contribution in [1.29, 1.82) is 0 Å². The van der Waals surface area contributed by atoms with Crippen LogP contribution in [0.3, 0.4) is 0 Å². The number of likely N-dealkylation sites (tertiary alicyclic amines) is 1. The predicted molar refractivity (Wildman–Crippen MR) is 124 cm³/mol. The summed E-state index contributed by atoms with van der Waals surface area (Å²) >= 11 is 5.72. The van der Waals surface area contributed by atoms with Gasteiger partial charge in [-0.05, 0) is 48.2 Å². The lowest BCUT2D eigenvalue weighted by Gasteiger charge is -2.45. The Balaban J connectivity index is 1.39. The fourth-order valence-electron chi connectivity index (χ4n) is 5.23. The van der Waals surface area contributed by atoms with Gasteiger partial charge in [-0.25, -0.2) is 4.39 Å². The molecule has 1 amide bonds. The Bertz CT molecular complexity index is 1260. The van der Waals surface area contributed by atoms with Gasteiger partial charge in [0, 0.05) is 16.5 Å². The summed E-state index contributed by atoms with van der Waals surface area (Å²) in [4.78, 5) is 18.9. The molecule has 204 valence electrons. The first-order valence-corrected chi connectivity index (χ1v) is 12.3. The van der Waals surface area contributed by atoms with Crippen molar-refractivity contribution in [2.75, 3.05) is 13.1 Å². The molecular weight excluding hydrogens is 541 g/mol. The maximum absolute atomic E-state index is 15.4. The van der Waals surface area contributed by atoms with Gasteiger partial charge in [-0.2, -0.15) is 26.3 Å². The lowest BCUT2D eigenvalue weighted by molar-refractivity contribution is -0.269. The van der Waals surface area contributed by atoms with Crippen LogP contribution in [0.15, 0.2) is 48.5 Å². The van der Waals surface area contributed by atoms with Gasteiger partial charge in [0.15, 0.2) is 5.67 Å². The molecule has 38 heavy (non-hydrogen) atoms. The number of carbonyl (C=O) groups excluding carboxylic acids is 1. The van der Waals surface area contributed by atoms with Crippen molar-refractivity contribution in [2.45, 2.75) is 49.3 Å². The zero-order chi connectivity index (χ0) is 27.5. The van der Waals surface area contributed by atoms with Crippen molar-refractivity contribution in [2.24, 2.45) is 5.92 Å². The van der Waals surface area contributed by atoms with E-state index in [9.17, 15) is 31.1 Å². The maximum atomic E-state index is 15.4. The van der Waals surface area contributed by atoms with Crippen LogP contribution in [0, 0.1) is 5.92 Å². The summed E-state index contributed by atoms with van der Waals surface area (Å²) < 4.78 is 97.8. The van der Waals surface area contributed by atoms with Gasteiger partial charge in [-0.15, -0.1) is 0 Å². The normalized spacial score (nSPS) is 23.7. The number of hydroxylamine groups is 1. The standard InChI is InChI=1S/C26H22ClF7N2O2/c27-20-10-18(9-19(11-20)25(29,30)31)24(26(32,33)34)12-21(35-38-24)15-5-7-17(8-6-15)23(28)13-36(14-23)22(37)16-3-1-2-4-16/h5-12,16,35H,1-4,13-14H2. The summed E-state index contributed by atoms with van der Waals surface area (Å²) in [7, 11) is 0. The van der Waals surface area contributed by atoms with E-state index in [1.165, 1.54) is 29.2 Å². The number of rotatable bonds is 4. The average Bonchev–Trinajstić information content (AvgIpc) is 3.52. The van der Waals surface area contributed by atoms with Crippen LogP contribution >= 0.6 is 11.6 Å². The van der Waals surface area contributed by atoms with Crippen molar-refractivity contribution >= 4 is 23.2 Å². The molecule has 12 heteroatoms. The van der Waals surface area contributed by atoms with Crippen molar-refractivity contribution < 1.29 is 40.4 Å². The third-order valence-corrected chi connectivity index (χ3v) is 7.58. The molecule has 1 N–H and O–H groups in total. The van der Waals surface area contributed by atoms with E-state index in [-0.39, 0.29) is 41.7 Å². The second-order valence-electron chi connectivity index (χ2n) is 9.94. The van der Waals surface area contributed by atoms with Crippen molar-refractivity contribution in [3.8, 4) is 0 Å². The third-order valence-electron chi connectivity index (χ3n) is 7.36. The highest BCUT2D eigenvalue weighted by molar-refractivity contribution is 6.30. The summed E-state index contributed by atoms with van der Waals surface area (Å²) in [5.74, 6) is -0.119. The molecule has 0 spiro atoms. The fraction of sp³-hybridized carbons (Fsp3) is 0.423. The zero-order valence-electron chi connectivity index (χ0n) is 19.7. The molecule has 2 aromatic carbocycles. The van der Waals surface area contributed by atoms with Crippen LogP contribution in [0.1, 0.15) is 47.9 Å². The van der Waals surface area contributed by atoms with Crippen molar-refractivity contribution in [3.63, 3.8) is 0 Å². The molecule has 0 radical (unpaired) electrons. The summed E-state index contributed by atoms with van der Waals surface area (Å²) in [5, 5.41) is -0.539. The molecule has 0 bridgehead atoms. The largest absolute Gasteiger partial charge is 0.428 e. The highest BCUT2D eigenvalue weighted by Gasteiger charge is 2.60. The van der Waals surface area contributed by atoms with Crippen molar-refractivity contribution in [1.82, 2.24) is 10.4 Å². The first-order valence-electron chi connectivity index (χ1n) is 11.9. The van der Waals surface area contributed by atoms with Crippen LogP contribution in [0.5, 0.6) is 0 Å². The summed E-state index contributed by atoms with van der Waals surface area (Å²) in [6.45, 7) is -0.196. The smallest absolute Gasteiger partial charge is 0.335 e. The minimum Gasteiger partial charge on any atom is -0.335 e. The van der Waals surface area contributed by atoms with E-state index in [1.54, 1.807) is 0 Å². The average molecular weight is 563 g/mol. The van der Waals surface area contributed by atoms with Crippen LogP contribution < -0.4 is 5.48 Å². The Hall–Kier alpha value is -2.79. The van der Waals surface area contributed by atoms with Gasteiger partial charge in [0.2, 0.25) is 11.5 Å². The van der Waals surface area contributed by atoms with E-state index in [1.807, 2.05) is 0 Å². The molecule has 5 rings (SSSR count). The summed E-state index contributed by atoms with van der Waals surface area (Å²) in [6, 6.07) is 7.20.